The van der Waals surface area contributed by atoms with Crippen molar-refractivity contribution in [3.05, 3.63) is 144 Å². The van der Waals surface area contributed by atoms with Crippen LogP contribution in [0, 0.1) is 0 Å². The minimum atomic E-state index is -2.50. The van der Waals surface area contributed by atoms with Gasteiger partial charge in [0.25, 0.3) is 0 Å². The highest BCUT2D eigenvalue weighted by Gasteiger charge is 2.58. The Morgan fingerprint density at radius 1 is 0.622 bits per heavy atom. The monoisotopic (exact) mass is 614 g/mol. The molecular formula is C36H38O9. The van der Waals surface area contributed by atoms with Gasteiger partial charge in [-0.1, -0.05) is 121 Å². The summed E-state index contributed by atoms with van der Waals surface area (Å²) in [5.41, 5.74) is 3.59. The first-order valence-electron chi connectivity index (χ1n) is 14.8. The maximum atomic E-state index is 11.9. The van der Waals surface area contributed by atoms with E-state index >= 15 is 0 Å². The molecule has 2 N–H and O–H groups in total. The summed E-state index contributed by atoms with van der Waals surface area (Å²) in [4.78, 5) is 11.6. The van der Waals surface area contributed by atoms with Crippen molar-refractivity contribution in [2.24, 2.45) is 0 Å². The quantitative estimate of drug-likeness (QED) is 0.166. The van der Waals surface area contributed by atoms with Gasteiger partial charge in [0, 0.05) is 0 Å². The number of carbonyl (C=O) groups is 1. The molecule has 0 aromatic heterocycles. The highest BCUT2D eigenvalue weighted by Crippen LogP contribution is 2.36. The maximum Gasteiger partial charge on any atom is 0.329 e. The molecule has 1 heterocycles. The first kappa shape index (κ1) is 32.5. The number of aliphatic hydroxyl groups is 1. The fourth-order valence-corrected chi connectivity index (χ4v) is 5.10. The van der Waals surface area contributed by atoms with Crippen molar-refractivity contribution >= 4 is 5.97 Å². The molecule has 236 valence electrons. The molecule has 0 radical (unpaired) electrons. The van der Waals surface area contributed by atoms with Crippen LogP contribution < -0.4 is 0 Å². The highest BCUT2D eigenvalue weighted by molar-refractivity contribution is 5.68. The van der Waals surface area contributed by atoms with Crippen LogP contribution in [-0.4, -0.2) is 59.8 Å². The molecule has 1 fully saturated rings. The van der Waals surface area contributed by atoms with Crippen LogP contribution in [0.3, 0.4) is 0 Å². The largest absolute Gasteiger partial charge is 0.480 e. The number of aliphatic carboxylic acids is 1. The molecule has 1 aliphatic heterocycles. The molecule has 9 nitrogen and oxygen atoms in total. The van der Waals surface area contributed by atoms with Gasteiger partial charge in [0.15, 0.2) is 6.10 Å². The number of hydrogen-bond donors (Lipinski definition) is 2. The van der Waals surface area contributed by atoms with Crippen LogP contribution in [0.25, 0.3) is 0 Å². The predicted molar refractivity (Wildman–Crippen MR) is 165 cm³/mol. The van der Waals surface area contributed by atoms with E-state index in [4.69, 9.17) is 28.4 Å². The third-order valence-corrected chi connectivity index (χ3v) is 7.31. The zero-order valence-corrected chi connectivity index (χ0v) is 24.9. The van der Waals surface area contributed by atoms with Crippen molar-refractivity contribution in [2.45, 2.75) is 56.8 Å². The maximum absolute atomic E-state index is 11.9. The van der Waals surface area contributed by atoms with E-state index in [0.29, 0.717) is 0 Å². The van der Waals surface area contributed by atoms with Crippen LogP contribution in [0.15, 0.2) is 121 Å². The van der Waals surface area contributed by atoms with E-state index in [0.717, 1.165) is 22.3 Å². The normalized spacial score (nSPS) is 23.0. The highest BCUT2D eigenvalue weighted by atomic mass is 16.8. The number of ether oxygens (including phenoxy) is 6. The van der Waals surface area contributed by atoms with Gasteiger partial charge in [0.2, 0.25) is 0 Å². The lowest BCUT2D eigenvalue weighted by molar-refractivity contribution is -0.458. The van der Waals surface area contributed by atoms with Crippen molar-refractivity contribution < 1.29 is 43.4 Å². The van der Waals surface area contributed by atoms with E-state index in [2.05, 4.69) is 0 Å². The lowest BCUT2D eigenvalue weighted by Gasteiger charge is -2.49. The van der Waals surface area contributed by atoms with Gasteiger partial charge in [0.05, 0.1) is 33.0 Å². The summed E-state index contributed by atoms with van der Waals surface area (Å²) in [5.74, 6) is -3.78. The summed E-state index contributed by atoms with van der Waals surface area (Å²) in [6.45, 7) is -0.114. The van der Waals surface area contributed by atoms with Crippen LogP contribution in [-0.2, 0) is 59.6 Å². The van der Waals surface area contributed by atoms with E-state index in [-0.39, 0.29) is 33.0 Å². The van der Waals surface area contributed by atoms with Gasteiger partial charge in [0.1, 0.15) is 24.9 Å². The summed E-state index contributed by atoms with van der Waals surface area (Å²) in [6.07, 6.45) is -3.99. The summed E-state index contributed by atoms with van der Waals surface area (Å²) in [6, 6.07) is 38.3. The molecule has 5 rings (SSSR count). The van der Waals surface area contributed by atoms with Crippen LogP contribution in [0.2, 0.25) is 0 Å². The minimum Gasteiger partial charge on any atom is -0.480 e. The average Bonchev–Trinajstić information content (AvgIpc) is 3.07. The fraction of sp³-hybridized carbons (Fsp3) is 0.306. The zero-order chi connectivity index (χ0) is 31.3. The second-order valence-electron chi connectivity index (χ2n) is 10.7. The van der Waals surface area contributed by atoms with E-state index in [1.165, 1.54) is 0 Å². The van der Waals surface area contributed by atoms with Gasteiger partial charge < -0.3 is 38.6 Å². The zero-order valence-electron chi connectivity index (χ0n) is 24.9. The van der Waals surface area contributed by atoms with Crippen molar-refractivity contribution in [1.82, 2.24) is 0 Å². The Hall–Kier alpha value is -3.93. The Kier molecular flexibility index (Phi) is 11.8. The molecule has 0 saturated carbocycles. The third kappa shape index (κ3) is 9.53. The summed E-state index contributed by atoms with van der Waals surface area (Å²) >= 11 is 0. The van der Waals surface area contributed by atoms with E-state index < -0.39 is 43.0 Å². The van der Waals surface area contributed by atoms with Crippen molar-refractivity contribution in [2.75, 3.05) is 13.2 Å². The Balaban J connectivity index is 1.46. The van der Waals surface area contributed by atoms with Gasteiger partial charge in [-0.05, 0) is 22.3 Å². The van der Waals surface area contributed by atoms with Gasteiger partial charge >= 0.3 is 11.9 Å². The minimum absolute atomic E-state index is 0.0102. The van der Waals surface area contributed by atoms with Crippen LogP contribution in [0.5, 0.6) is 0 Å². The Morgan fingerprint density at radius 2 is 1.04 bits per heavy atom. The molecule has 0 amide bonds. The van der Waals surface area contributed by atoms with Gasteiger partial charge in [-0.25, -0.2) is 4.79 Å². The number of hydrogen-bond acceptors (Lipinski definition) is 8. The summed E-state index contributed by atoms with van der Waals surface area (Å²) in [5, 5.41) is 21.3. The molecule has 0 aliphatic carbocycles. The topological polar surface area (TPSA) is 113 Å². The molecule has 1 saturated heterocycles. The van der Waals surface area contributed by atoms with Gasteiger partial charge in [-0.15, -0.1) is 0 Å². The van der Waals surface area contributed by atoms with E-state index in [1.54, 1.807) is 0 Å². The predicted octanol–water partition coefficient (Wildman–Crippen LogP) is 5.11. The van der Waals surface area contributed by atoms with Crippen molar-refractivity contribution in [1.29, 1.82) is 0 Å². The second kappa shape index (κ2) is 16.4. The molecule has 0 spiro atoms. The van der Waals surface area contributed by atoms with Gasteiger partial charge in [-0.3, -0.25) is 0 Å². The van der Waals surface area contributed by atoms with E-state index in [9.17, 15) is 15.0 Å². The number of carboxylic acids is 1. The van der Waals surface area contributed by atoms with E-state index in [1.807, 2.05) is 121 Å². The number of rotatable bonds is 16. The Morgan fingerprint density at radius 3 is 1.51 bits per heavy atom. The Labute approximate surface area is 262 Å². The fourth-order valence-electron chi connectivity index (χ4n) is 5.10. The van der Waals surface area contributed by atoms with Crippen LogP contribution in [0.4, 0.5) is 0 Å². The molecule has 9 heteroatoms. The molecular weight excluding hydrogens is 576 g/mol. The van der Waals surface area contributed by atoms with Crippen LogP contribution >= 0.6 is 0 Å². The first-order chi connectivity index (χ1) is 22.0. The summed E-state index contributed by atoms with van der Waals surface area (Å²) in [7, 11) is 0. The number of benzene rings is 4. The molecule has 4 aromatic rings. The van der Waals surface area contributed by atoms with Gasteiger partial charge in [-0.2, -0.15) is 0 Å². The molecule has 45 heavy (non-hydrogen) atoms. The smallest absolute Gasteiger partial charge is 0.329 e. The molecule has 1 aliphatic rings. The summed E-state index contributed by atoms with van der Waals surface area (Å²) < 4.78 is 37.0. The second-order valence-corrected chi connectivity index (χ2v) is 10.7. The molecule has 0 bridgehead atoms. The van der Waals surface area contributed by atoms with Crippen molar-refractivity contribution in [3.63, 3.8) is 0 Å². The number of carboxylic acid groups (broad SMARTS) is 1. The average molecular weight is 615 g/mol. The lowest BCUT2D eigenvalue weighted by Crippen LogP contribution is -2.68. The lowest BCUT2D eigenvalue weighted by atomic mass is 9.96. The Bertz CT molecular complexity index is 1420. The van der Waals surface area contributed by atoms with Crippen LogP contribution in [0.1, 0.15) is 22.3 Å². The molecule has 0 unspecified atom stereocenters. The third-order valence-electron chi connectivity index (χ3n) is 7.31. The molecule has 5 atom stereocenters. The standard InChI is InChI=1S/C36H38O9/c37-32(38)26-44-36(39)35(43-24-30-19-11-4-12-20-30)34(42-23-29-17-9-3-10-18-29)33(41-22-28-15-7-2-8-16-28)31(45-36)25-40-21-27-13-5-1-6-14-27/h1-20,31,33-35,39H,21-26H2,(H,37,38)/t31-,33-,34+,35-,36-/m1/s1. The molecule has 4 aromatic carbocycles. The SMILES string of the molecule is O=C(O)CO[C@@]1(O)O[C@H](COCc2ccccc2)[C@@H](OCc2ccccc2)[C@H](OCc2ccccc2)[C@H]1OCc1ccccc1. The van der Waals surface area contributed by atoms with Crippen molar-refractivity contribution in [3.8, 4) is 0 Å². The first-order valence-corrected chi connectivity index (χ1v) is 14.8.